The van der Waals surface area contributed by atoms with E-state index in [9.17, 15) is 9.18 Å². The van der Waals surface area contributed by atoms with E-state index in [1.54, 1.807) is 6.07 Å². The highest BCUT2D eigenvalue weighted by molar-refractivity contribution is 9.10. The normalized spacial score (nSPS) is 25.6. The molecule has 1 aromatic carbocycles. The van der Waals surface area contributed by atoms with E-state index in [2.05, 4.69) is 26.1 Å². The zero-order valence-electron chi connectivity index (χ0n) is 11.6. The average molecular weight is 357 g/mol. The van der Waals surface area contributed by atoms with Crippen molar-refractivity contribution in [2.24, 2.45) is 0 Å². The number of ether oxygens (including phenoxy) is 1. The Balaban J connectivity index is 1.55. The highest BCUT2D eigenvalue weighted by Gasteiger charge is 2.32. The summed E-state index contributed by atoms with van der Waals surface area (Å²) in [7, 11) is 0. The quantitative estimate of drug-likeness (QED) is 0.902. The number of hydrogen-bond acceptors (Lipinski definition) is 3. The molecule has 0 spiro atoms. The van der Waals surface area contributed by atoms with Gasteiger partial charge in [0.15, 0.2) is 0 Å². The molecule has 2 heterocycles. The predicted octanol–water partition coefficient (Wildman–Crippen LogP) is 2.18. The Morgan fingerprint density at radius 3 is 3.24 bits per heavy atom. The first-order valence-electron chi connectivity index (χ1n) is 7.23. The average Bonchev–Trinajstić information content (AvgIpc) is 2.95. The fourth-order valence-electron chi connectivity index (χ4n) is 2.99. The fourth-order valence-corrected chi connectivity index (χ4v) is 3.43. The van der Waals surface area contributed by atoms with E-state index in [0.717, 1.165) is 19.7 Å². The molecule has 2 aliphatic rings. The maximum atomic E-state index is 13.4. The van der Waals surface area contributed by atoms with Crippen LogP contribution in [-0.4, -0.2) is 49.2 Å². The lowest BCUT2D eigenvalue weighted by molar-refractivity contribution is -0.0461. The van der Waals surface area contributed by atoms with Gasteiger partial charge in [-0.05, 0) is 47.4 Å². The van der Waals surface area contributed by atoms with Crippen molar-refractivity contribution in [2.45, 2.75) is 25.0 Å². The van der Waals surface area contributed by atoms with Crippen LogP contribution in [-0.2, 0) is 4.74 Å². The Kier molecular flexibility index (Phi) is 4.57. The molecule has 1 amide bonds. The van der Waals surface area contributed by atoms with E-state index in [1.165, 1.54) is 25.0 Å². The molecule has 114 valence electrons. The number of carbonyl (C=O) groups excluding carboxylic acids is 1. The van der Waals surface area contributed by atoms with Crippen molar-refractivity contribution >= 4 is 21.8 Å². The second kappa shape index (κ2) is 6.42. The molecule has 2 atom stereocenters. The summed E-state index contributed by atoms with van der Waals surface area (Å²) in [6, 6.07) is 5.00. The molecule has 0 aliphatic carbocycles. The van der Waals surface area contributed by atoms with Crippen LogP contribution in [0.25, 0.3) is 0 Å². The summed E-state index contributed by atoms with van der Waals surface area (Å²) < 4.78 is 19.4. The van der Waals surface area contributed by atoms with E-state index in [4.69, 9.17) is 4.74 Å². The molecule has 3 rings (SSSR count). The molecule has 21 heavy (non-hydrogen) atoms. The van der Waals surface area contributed by atoms with Crippen LogP contribution in [0.15, 0.2) is 22.7 Å². The van der Waals surface area contributed by atoms with Crippen LogP contribution in [0.3, 0.4) is 0 Å². The minimum absolute atomic E-state index is 0.00985. The molecule has 4 nitrogen and oxygen atoms in total. The third-order valence-corrected chi connectivity index (χ3v) is 4.95. The van der Waals surface area contributed by atoms with Crippen molar-refractivity contribution in [2.75, 3.05) is 26.2 Å². The minimum atomic E-state index is -0.434. The van der Waals surface area contributed by atoms with Crippen LogP contribution in [0.5, 0.6) is 0 Å². The molecule has 0 bridgehead atoms. The monoisotopic (exact) mass is 356 g/mol. The lowest BCUT2D eigenvalue weighted by Gasteiger charge is -2.35. The standard InChI is InChI=1S/C15H18BrFN2O2/c16-14-12(4-1-5-13(14)17)15(20)18-7-11-8-19-6-2-3-10(19)9-21-11/h1,4-5,10-11H,2-3,6-9H2,(H,18,20). The van der Waals surface area contributed by atoms with Crippen molar-refractivity contribution in [3.63, 3.8) is 0 Å². The van der Waals surface area contributed by atoms with Crippen LogP contribution >= 0.6 is 15.9 Å². The molecule has 6 heteroatoms. The molecule has 2 fully saturated rings. The SMILES string of the molecule is O=C(NCC1CN2CCCC2CO1)c1cccc(F)c1Br. The van der Waals surface area contributed by atoms with Gasteiger partial charge in [0.25, 0.3) is 5.91 Å². The molecule has 0 saturated carbocycles. The van der Waals surface area contributed by atoms with Crippen molar-refractivity contribution in [1.82, 2.24) is 10.2 Å². The number of carbonyl (C=O) groups is 1. The zero-order valence-corrected chi connectivity index (χ0v) is 13.2. The first-order chi connectivity index (χ1) is 10.1. The van der Waals surface area contributed by atoms with Crippen molar-refractivity contribution < 1.29 is 13.9 Å². The Bertz CT molecular complexity index is 540. The summed E-state index contributed by atoms with van der Waals surface area (Å²) in [5.41, 5.74) is 0.310. The van der Waals surface area contributed by atoms with Crippen molar-refractivity contribution in [3.05, 3.63) is 34.1 Å². The number of nitrogens with one attached hydrogen (secondary N) is 1. The van der Waals surface area contributed by atoms with Gasteiger partial charge in [0.2, 0.25) is 0 Å². The third kappa shape index (κ3) is 3.27. The Labute approximate surface area is 131 Å². The largest absolute Gasteiger partial charge is 0.373 e. The Morgan fingerprint density at radius 1 is 1.52 bits per heavy atom. The van der Waals surface area contributed by atoms with Crippen molar-refractivity contribution in [3.8, 4) is 0 Å². The summed E-state index contributed by atoms with van der Waals surface area (Å²) in [5, 5.41) is 2.83. The Hall–Kier alpha value is -0.980. The summed E-state index contributed by atoms with van der Waals surface area (Å²) in [4.78, 5) is 14.5. The van der Waals surface area contributed by atoms with Gasteiger partial charge in [0.05, 0.1) is 22.7 Å². The summed E-state index contributed by atoms with van der Waals surface area (Å²) in [6.45, 7) is 3.17. The van der Waals surface area contributed by atoms with Gasteiger partial charge in [-0.1, -0.05) is 6.07 Å². The van der Waals surface area contributed by atoms with Gasteiger partial charge in [-0.25, -0.2) is 4.39 Å². The summed E-state index contributed by atoms with van der Waals surface area (Å²) in [5.74, 6) is -0.718. The molecule has 2 unspecified atom stereocenters. The van der Waals surface area contributed by atoms with Crippen LogP contribution in [0.2, 0.25) is 0 Å². The summed E-state index contributed by atoms with van der Waals surface area (Å²) >= 11 is 3.11. The van der Waals surface area contributed by atoms with Gasteiger partial charge in [0, 0.05) is 19.1 Å². The number of morpholine rings is 1. The molecular formula is C15H18BrFN2O2. The molecular weight excluding hydrogens is 339 g/mol. The van der Waals surface area contributed by atoms with Crippen LogP contribution in [0.4, 0.5) is 4.39 Å². The van der Waals surface area contributed by atoms with Gasteiger partial charge in [-0.3, -0.25) is 9.69 Å². The van der Waals surface area contributed by atoms with E-state index in [-0.39, 0.29) is 16.5 Å². The predicted molar refractivity (Wildman–Crippen MR) is 80.8 cm³/mol. The van der Waals surface area contributed by atoms with Crippen LogP contribution in [0, 0.1) is 5.82 Å². The number of fused-ring (bicyclic) bond motifs is 1. The first kappa shape index (κ1) is 14.9. The van der Waals surface area contributed by atoms with Crippen LogP contribution in [0.1, 0.15) is 23.2 Å². The molecule has 1 N–H and O–H groups in total. The lowest BCUT2D eigenvalue weighted by atomic mass is 10.1. The number of halogens is 2. The number of nitrogens with zero attached hydrogens (tertiary/aromatic N) is 1. The molecule has 0 aromatic heterocycles. The second-order valence-electron chi connectivity index (χ2n) is 5.56. The first-order valence-corrected chi connectivity index (χ1v) is 8.02. The van der Waals surface area contributed by atoms with E-state index < -0.39 is 5.82 Å². The molecule has 0 radical (unpaired) electrons. The number of amides is 1. The summed E-state index contributed by atoms with van der Waals surface area (Å²) in [6.07, 6.45) is 2.44. The number of rotatable bonds is 3. The molecule has 2 saturated heterocycles. The lowest BCUT2D eigenvalue weighted by Crippen LogP contribution is -2.50. The van der Waals surface area contributed by atoms with E-state index >= 15 is 0 Å². The maximum absolute atomic E-state index is 13.4. The van der Waals surface area contributed by atoms with E-state index in [0.29, 0.717) is 18.2 Å². The van der Waals surface area contributed by atoms with Gasteiger partial charge >= 0.3 is 0 Å². The number of benzene rings is 1. The number of hydrogen-bond donors (Lipinski definition) is 1. The van der Waals surface area contributed by atoms with Gasteiger partial charge in [-0.15, -0.1) is 0 Å². The fraction of sp³-hybridized carbons (Fsp3) is 0.533. The van der Waals surface area contributed by atoms with Crippen molar-refractivity contribution in [1.29, 1.82) is 0 Å². The van der Waals surface area contributed by atoms with Gasteiger partial charge < -0.3 is 10.1 Å². The highest BCUT2D eigenvalue weighted by atomic mass is 79.9. The third-order valence-electron chi connectivity index (χ3n) is 4.15. The van der Waals surface area contributed by atoms with E-state index in [1.807, 2.05) is 0 Å². The second-order valence-corrected chi connectivity index (χ2v) is 6.35. The Morgan fingerprint density at radius 2 is 2.38 bits per heavy atom. The van der Waals surface area contributed by atoms with Crippen LogP contribution < -0.4 is 5.32 Å². The molecule has 2 aliphatic heterocycles. The van der Waals surface area contributed by atoms with Gasteiger partial charge in [-0.2, -0.15) is 0 Å². The minimum Gasteiger partial charge on any atom is -0.373 e. The zero-order chi connectivity index (χ0) is 14.8. The highest BCUT2D eigenvalue weighted by Crippen LogP contribution is 2.23. The topological polar surface area (TPSA) is 41.6 Å². The maximum Gasteiger partial charge on any atom is 0.252 e. The molecule has 1 aromatic rings. The smallest absolute Gasteiger partial charge is 0.252 e. The van der Waals surface area contributed by atoms with Gasteiger partial charge in [0.1, 0.15) is 5.82 Å².